The Hall–Kier alpha value is -2.67. The first-order chi connectivity index (χ1) is 12.6. The highest BCUT2D eigenvalue weighted by molar-refractivity contribution is 6.35. The molecule has 2 amide bonds. The third-order valence-corrected chi connectivity index (χ3v) is 4.70. The Morgan fingerprint density at radius 2 is 1.73 bits per heavy atom. The van der Waals surface area contributed by atoms with E-state index in [1.165, 1.54) is 18.4 Å². The van der Waals surface area contributed by atoms with Crippen LogP contribution in [0.5, 0.6) is 0 Å². The Kier molecular flexibility index (Phi) is 5.68. The first kappa shape index (κ1) is 18.1. The van der Waals surface area contributed by atoms with Crippen LogP contribution in [0, 0.1) is 5.82 Å². The van der Waals surface area contributed by atoms with Crippen molar-refractivity contribution in [2.45, 2.75) is 24.8 Å². The number of benzene rings is 1. The minimum atomic E-state index is -0.720. The molecule has 2 N–H and O–H groups in total. The van der Waals surface area contributed by atoms with Crippen molar-refractivity contribution in [3.63, 3.8) is 0 Å². The Labute approximate surface area is 150 Å². The summed E-state index contributed by atoms with van der Waals surface area (Å²) in [6, 6.07) is 9.69. The van der Waals surface area contributed by atoms with E-state index in [0.717, 1.165) is 5.56 Å². The molecule has 26 heavy (non-hydrogen) atoms. The number of rotatable bonds is 5. The van der Waals surface area contributed by atoms with Crippen molar-refractivity contribution in [1.29, 1.82) is 0 Å². The zero-order chi connectivity index (χ0) is 18.4. The van der Waals surface area contributed by atoms with E-state index in [1.807, 2.05) is 0 Å². The quantitative estimate of drug-likeness (QED) is 0.798. The fourth-order valence-corrected chi connectivity index (χ4v) is 3.12. The van der Waals surface area contributed by atoms with Crippen molar-refractivity contribution in [3.8, 4) is 0 Å². The molecule has 1 aliphatic heterocycles. The number of carbonyl (C=O) groups excluding carboxylic acids is 2. The van der Waals surface area contributed by atoms with Crippen LogP contribution < -0.4 is 10.6 Å². The van der Waals surface area contributed by atoms with Crippen LogP contribution in [0.15, 0.2) is 47.1 Å². The van der Waals surface area contributed by atoms with E-state index in [9.17, 15) is 14.0 Å². The highest BCUT2D eigenvalue weighted by atomic mass is 19.1. The molecule has 1 aromatic carbocycles. The van der Waals surface area contributed by atoms with Crippen LogP contribution in [0.2, 0.25) is 0 Å². The predicted octanol–water partition coefficient (Wildman–Crippen LogP) is 1.90. The van der Waals surface area contributed by atoms with Crippen LogP contribution in [0.1, 0.15) is 24.2 Å². The van der Waals surface area contributed by atoms with Crippen LogP contribution in [0.4, 0.5) is 4.39 Å². The van der Waals surface area contributed by atoms with E-state index in [-0.39, 0.29) is 24.3 Å². The molecule has 0 atom stereocenters. The van der Waals surface area contributed by atoms with Gasteiger partial charge in [-0.1, -0.05) is 12.1 Å². The number of nitrogens with one attached hydrogen (secondary N) is 2. The van der Waals surface area contributed by atoms with Gasteiger partial charge in [0.25, 0.3) is 0 Å². The number of hydrogen-bond acceptors (Lipinski definition) is 4. The van der Waals surface area contributed by atoms with Gasteiger partial charge in [-0.3, -0.25) is 9.59 Å². The second-order valence-corrected chi connectivity index (χ2v) is 6.34. The Balaban J connectivity index is 1.61. The van der Waals surface area contributed by atoms with E-state index >= 15 is 0 Å². The van der Waals surface area contributed by atoms with Gasteiger partial charge in [-0.25, -0.2) is 4.39 Å². The number of halogens is 1. The average Bonchev–Trinajstić information content (AvgIpc) is 3.19. The molecule has 138 valence electrons. The molecule has 1 saturated heterocycles. The lowest BCUT2D eigenvalue weighted by molar-refractivity contribution is -0.139. The van der Waals surface area contributed by atoms with E-state index in [1.54, 1.807) is 24.3 Å². The maximum Gasteiger partial charge on any atom is 0.309 e. The summed E-state index contributed by atoms with van der Waals surface area (Å²) < 4.78 is 23.8. The largest absolute Gasteiger partial charge is 0.467 e. The molecule has 1 aliphatic rings. The highest BCUT2D eigenvalue weighted by Crippen LogP contribution is 2.34. The van der Waals surface area contributed by atoms with Crippen molar-refractivity contribution in [2.75, 3.05) is 19.8 Å². The summed E-state index contributed by atoms with van der Waals surface area (Å²) in [6.07, 6.45) is 2.87. The number of ether oxygens (including phenoxy) is 1. The number of furan rings is 1. The summed E-state index contributed by atoms with van der Waals surface area (Å²) in [7, 11) is 0. The van der Waals surface area contributed by atoms with Crippen molar-refractivity contribution >= 4 is 11.8 Å². The molecule has 7 heteroatoms. The van der Waals surface area contributed by atoms with Gasteiger partial charge in [0, 0.05) is 25.2 Å². The van der Waals surface area contributed by atoms with Crippen molar-refractivity contribution in [3.05, 3.63) is 59.8 Å². The van der Waals surface area contributed by atoms with Gasteiger partial charge in [0.05, 0.1) is 12.8 Å². The molecular formula is C19H21FN2O4. The van der Waals surface area contributed by atoms with Crippen molar-refractivity contribution in [2.24, 2.45) is 0 Å². The SMILES string of the molecule is O=C(NCc1ccco1)C(=O)NCC1(c2ccc(F)cc2)CCOCC1. The lowest BCUT2D eigenvalue weighted by Crippen LogP contribution is -2.48. The Morgan fingerprint density at radius 1 is 1.04 bits per heavy atom. The molecule has 0 aliphatic carbocycles. The summed E-state index contributed by atoms with van der Waals surface area (Å²) >= 11 is 0. The van der Waals surface area contributed by atoms with Crippen LogP contribution in [0.3, 0.4) is 0 Å². The molecule has 6 nitrogen and oxygen atoms in total. The molecule has 1 fully saturated rings. The van der Waals surface area contributed by atoms with Gasteiger partial charge in [0.15, 0.2) is 0 Å². The monoisotopic (exact) mass is 360 g/mol. The molecule has 0 saturated carbocycles. The maximum atomic E-state index is 13.2. The Morgan fingerprint density at radius 3 is 2.38 bits per heavy atom. The van der Waals surface area contributed by atoms with E-state index in [0.29, 0.717) is 31.8 Å². The second-order valence-electron chi connectivity index (χ2n) is 6.34. The summed E-state index contributed by atoms with van der Waals surface area (Å²) in [6.45, 7) is 1.54. The summed E-state index contributed by atoms with van der Waals surface area (Å²) in [5.41, 5.74) is 0.557. The topological polar surface area (TPSA) is 80.6 Å². The minimum Gasteiger partial charge on any atom is -0.467 e. The summed E-state index contributed by atoms with van der Waals surface area (Å²) in [4.78, 5) is 24.1. The minimum absolute atomic E-state index is 0.149. The Bertz CT molecular complexity index is 737. The fourth-order valence-electron chi connectivity index (χ4n) is 3.12. The van der Waals surface area contributed by atoms with Gasteiger partial charge in [-0.15, -0.1) is 0 Å². The second kappa shape index (κ2) is 8.14. The smallest absolute Gasteiger partial charge is 0.309 e. The zero-order valence-electron chi connectivity index (χ0n) is 14.3. The van der Waals surface area contributed by atoms with Crippen molar-refractivity contribution in [1.82, 2.24) is 10.6 Å². The predicted molar refractivity (Wildman–Crippen MR) is 91.7 cm³/mol. The fraction of sp³-hybridized carbons (Fsp3) is 0.368. The lowest BCUT2D eigenvalue weighted by Gasteiger charge is -2.37. The third-order valence-electron chi connectivity index (χ3n) is 4.70. The van der Waals surface area contributed by atoms with Crippen LogP contribution in [-0.4, -0.2) is 31.6 Å². The number of carbonyl (C=O) groups is 2. The first-order valence-corrected chi connectivity index (χ1v) is 8.51. The molecule has 0 spiro atoms. The van der Waals surface area contributed by atoms with Crippen LogP contribution in [-0.2, 0) is 26.3 Å². The molecule has 0 bridgehead atoms. The molecule has 0 radical (unpaired) electrons. The maximum absolute atomic E-state index is 13.2. The van der Waals surface area contributed by atoms with Crippen molar-refractivity contribution < 1.29 is 23.1 Å². The molecule has 1 aromatic heterocycles. The summed E-state index contributed by atoms with van der Waals surface area (Å²) in [5, 5.41) is 5.22. The molecule has 2 heterocycles. The first-order valence-electron chi connectivity index (χ1n) is 8.51. The number of amides is 2. The third kappa shape index (κ3) is 4.29. The van der Waals surface area contributed by atoms with Crippen LogP contribution in [0.25, 0.3) is 0 Å². The van der Waals surface area contributed by atoms with E-state index < -0.39 is 11.8 Å². The van der Waals surface area contributed by atoms with Gasteiger partial charge in [-0.2, -0.15) is 0 Å². The molecule has 0 unspecified atom stereocenters. The van der Waals surface area contributed by atoms with Crippen LogP contribution >= 0.6 is 0 Å². The normalized spacial score (nSPS) is 16.0. The van der Waals surface area contributed by atoms with Gasteiger partial charge in [0.2, 0.25) is 0 Å². The van der Waals surface area contributed by atoms with Gasteiger partial charge >= 0.3 is 11.8 Å². The lowest BCUT2D eigenvalue weighted by atomic mass is 9.74. The molecular weight excluding hydrogens is 339 g/mol. The molecule has 2 aromatic rings. The average molecular weight is 360 g/mol. The highest BCUT2D eigenvalue weighted by Gasteiger charge is 2.35. The molecule has 3 rings (SSSR count). The van der Waals surface area contributed by atoms with Gasteiger partial charge in [0.1, 0.15) is 11.6 Å². The zero-order valence-corrected chi connectivity index (χ0v) is 14.3. The van der Waals surface area contributed by atoms with E-state index in [2.05, 4.69) is 10.6 Å². The van der Waals surface area contributed by atoms with Gasteiger partial charge < -0.3 is 19.8 Å². The van der Waals surface area contributed by atoms with Gasteiger partial charge in [-0.05, 0) is 42.7 Å². The summed E-state index contributed by atoms with van der Waals surface area (Å²) in [5.74, 6) is -1.16. The number of hydrogen-bond donors (Lipinski definition) is 2. The van der Waals surface area contributed by atoms with E-state index in [4.69, 9.17) is 9.15 Å². The standard InChI is InChI=1S/C19H21FN2O4/c20-15-5-3-14(4-6-15)19(7-10-25-11-8-19)13-22-18(24)17(23)21-12-16-2-1-9-26-16/h1-6,9H,7-8,10-13H2,(H,21,23)(H,22,24).